The number of carbonyl (C=O) groups excluding carboxylic acids is 1. The fraction of sp³-hybridized carbons (Fsp3) is 0.160. The van der Waals surface area contributed by atoms with Gasteiger partial charge in [-0.2, -0.15) is 10.4 Å². The van der Waals surface area contributed by atoms with Gasteiger partial charge in [0.05, 0.1) is 11.8 Å². The molecule has 2 aromatic carbocycles. The highest BCUT2D eigenvalue weighted by Crippen LogP contribution is 2.31. The number of nitrogens with one attached hydrogen (secondary N) is 1. The van der Waals surface area contributed by atoms with Crippen LogP contribution in [0.2, 0.25) is 0 Å². The topological polar surface area (TPSA) is 112 Å². The zero-order valence-corrected chi connectivity index (χ0v) is 17.9. The summed E-state index contributed by atoms with van der Waals surface area (Å²) in [6.07, 6.45) is 4.14. The number of imidazole rings is 1. The van der Waals surface area contributed by atoms with Crippen molar-refractivity contribution in [2.45, 2.75) is 13.0 Å². The number of amides is 1. The number of ether oxygens (including phenoxy) is 1. The minimum absolute atomic E-state index is 0.372. The van der Waals surface area contributed by atoms with E-state index in [1.807, 2.05) is 66.7 Å². The number of aromatic amines is 1. The third-order valence-electron chi connectivity index (χ3n) is 5.72. The van der Waals surface area contributed by atoms with Crippen molar-refractivity contribution in [3.05, 3.63) is 83.7 Å². The first kappa shape index (κ1) is 20.5. The lowest BCUT2D eigenvalue weighted by molar-refractivity contribution is 0.100. The number of primary amides is 1. The first-order valence-corrected chi connectivity index (χ1v) is 10.7. The minimum atomic E-state index is -0.531. The Kier molecular flexibility index (Phi) is 5.39. The highest BCUT2D eigenvalue weighted by molar-refractivity contribution is 6.04. The SMILES string of the molecule is N#CC=CCN1CCc2[nH]c3c(C(N)=O)c(-c4ccc(Oc5ccccc5)cc4)nn3c2C1. The molecule has 0 saturated heterocycles. The molecule has 3 heterocycles. The molecule has 8 nitrogen and oxygen atoms in total. The highest BCUT2D eigenvalue weighted by Gasteiger charge is 2.27. The van der Waals surface area contributed by atoms with Gasteiger partial charge in [0.15, 0.2) is 0 Å². The summed E-state index contributed by atoms with van der Waals surface area (Å²) in [5.74, 6) is 0.907. The number of allylic oxidation sites excluding steroid dienone is 1. The number of benzene rings is 2. The van der Waals surface area contributed by atoms with Crippen LogP contribution >= 0.6 is 0 Å². The molecule has 1 aliphatic heterocycles. The molecule has 0 spiro atoms. The lowest BCUT2D eigenvalue weighted by Crippen LogP contribution is -2.31. The summed E-state index contributed by atoms with van der Waals surface area (Å²) in [4.78, 5) is 18.0. The van der Waals surface area contributed by atoms with Crippen LogP contribution in [0.1, 0.15) is 21.7 Å². The van der Waals surface area contributed by atoms with Gasteiger partial charge in [-0.05, 0) is 36.4 Å². The maximum Gasteiger partial charge on any atom is 0.254 e. The van der Waals surface area contributed by atoms with Crippen LogP contribution in [-0.4, -0.2) is 38.5 Å². The molecule has 0 bridgehead atoms. The van der Waals surface area contributed by atoms with Gasteiger partial charge in [0.1, 0.15) is 28.4 Å². The summed E-state index contributed by atoms with van der Waals surface area (Å²) < 4.78 is 7.65. The zero-order valence-electron chi connectivity index (χ0n) is 17.9. The second-order valence-electron chi connectivity index (χ2n) is 7.85. The van der Waals surface area contributed by atoms with Crippen molar-refractivity contribution in [1.29, 1.82) is 5.26 Å². The maximum atomic E-state index is 12.4. The summed E-state index contributed by atoms with van der Waals surface area (Å²) in [6.45, 7) is 2.20. The fourth-order valence-electron chi connectivity index (χ4n) is 4.15. The number of fused-ring (bicyclic) bond motifs is 3. The summed E-state index contributed by atoms with van der Waals surface area (Å²) in [7, 11) is 0. The molecule has 0 saturated carbocycles. The van der Waals surface area contributed by atoms with Gasteiger partial charge in [0, 0.05) is 43.4 Å². The van der Waals surface area contributed by atoms with Crippen LogP contribution in [0.5, 0.6) is 11.5 Å². The predicted octanol–water partition coefficient (Wildman–Crippen LogP) is 3.66. The van der Waals surface area contributed by atoms with Crippen molar-refractivity contribution in [2.75, 3.05) is 13.1 Å². The van der Waals surface area contributed by atoms with Crippen LogP contribution in [0, 0.1) is 11.3 Å². The molecule has 5 rings (SSSR count). The van der Waals surface area contributed by atoms with Crippen molar-refractivity contribution >= 4 is 11.6 Å². The average molecular weight is 438 g/mol. The smallest absolute Gasteiger partial charge is 0.254 e. The Labute approximate surface area is 190 Å². The number of hydrogen-bond donors (Lipinski definition) is 2. The molecule has 4 aromatic rings. The third kappa shape index (κ3) is 3.97. The average Bonchev–Trinajstić information content (AvgIpc) is 3.36. The Morgan fingerprint density at radius 3 is 2.67 bits per heavy atom. The van der Waals surface area contributed by atoms with Gasteiger partial charge < -0.3 is 15.5 Å². The number of rotatable bonds is 6. The first-order chi connectivity index (χ1) is 16.1. The lowest BCUT2D eigenvalue weighted by Gasteiger charge is -2.24. The van der Waals surface area contributed by atoms with Crippen LogP contribution in [0.4, 0.5) is 0 Å². The molecule has 1 amide bonds. The number of hydrogen-bond acceptors (Lipinski definition) is 5. The zero-order chi connectivity index (χ0) is 22.8. The molecule has 0 fully saturated rings. The number of H-pyrrole nitrogens is 1. The van der Waals surface area contributed by atoms with Gasteiger partial charge >= 0.3 is 0 Å². The van der Waals surface area contributed by atoms with E-state index in [1.165, 1.54) is 6.08 Å². The lowest BCUT2D eigenvalue weighted by atomic mass is 10.1. The van der Waals surface area contributed by atoms with Gasteiger partial charge in [-0.1, -0.05) is 24.3 Å². The Morgan fingerprint density at radius 2 is 1.94 bits per heavy atom. The van der Waals surface area contributed by atoms with Crippen LogP contribution in [0.3, 0.4) is 0 Å². The van der Waals surface area contributed by atoms with Crippen LogP contribution in [0.15, 0.2) is 66.7 Å². The molecule has 33 heavy (non-hydrogen) atoms. The summed E-state index contributed by atoms with van der Waals surface area (Å²) in [6, 6.07) is 19.0. The van der Waals surface area contributed by atoms with E-state index >= 15 is 0 Å². The van der Waals surface area contributed by atoms with E-state index in [-0.39, 0.29) is 0 Å². The number of para-hydroxylation sites is 1. The number of nitrogens with zero attached hydrogens (tertiary/aromatic N) is 4. The molecule has 164 valence electrons. The van der Waals surface area contributed by atoms with Gasteiger partial charge in [0.25, 0.3) is 5.91 Å². The number of nitriles is 1. The molecule has 8 heteroatoms. The maximum absolute atomic E-state index is 12.4. The van der Waals surface area contributed by atoms with E-state index in [9.17, 15) is 4.79 Å². The van der Waals surface area contributed by atoms with Crippen molar-refractivity contribution in [1.82, 2.24) is 19.5 Å². The molecule has 0 radical (unpaired) electrons. The van der Waals surface area contributed by atoms with Crippen molar-refractivity contribution in [2.24, 2.45) is 5.73 Å². The van der Waals surface area contributed by atoms with E-state index in [1.54, 1.807) is 4.52 Å². The highest BCUT2D eigenvalue weighted by atomic mass is 16.5. The third-order valence-corrected chi connectivity index (χ3v) is 5.72. The Morgan fingerprint density at radius 1 is 1.18 bits per heavy atom. The molecular weight excluding hydrogens is 416 g/mol. The van der Waals surface area contributed by atoms with Crippen molar-refractivity contribution in [3.63, 3.8) is 0 Å². The standard InChI is InChI=1S/C25H22N6O2/c26-13-4-5-14-30-15-12-20-21(16-30)31-25(28-20)22(24(27)32)23(29-31)17-8-10-19(11-9-17)33-18-6-2-1-3-7-18/h1-11,28H,12,14-16H2,(H2,27,32). The predicted molar refractivity (Wildman–Crippen MR) is 124 cm³/mol. The minimum Gasteiger partial charge on any atom is -0.457 e. The van der Waals surface area contributed by atoms with Crippen LogP contribution in [-0.2, 0) is 13.0 Å². The molecule has 2 aromatic heterocycles. The number of carbonyl (C=O) groups is 1. The van der Waals surface area contributed by atoms with E-state index in [4.69, 9.17) is 20.8 Å². The largest absolute Gasteiger partial charge is 0.457 e. The Bertz CT molecular complexity index is 1380. The van der Waals surface area contributed by atoms with E-state index in [0.29, 0.717) is 35.7 Å². The van der Waals surface area contributed by atoms with Gasteiger partial charge in [0.2, 0.25) is 0 Å². The van der Waals surface area contributed by atoms with Crippen LogP contribution < -0.4 is 10.5 Å². The van der Waals surface area contributed by atoms with Crippen LogP contribution in [0.25, 0.3) is 16.9 Å². The second kappa shape index (κ2) is 8.65. The summed E-state index contributed by atoms with van der Waals surface area (Å²) in [5.41, 5.74) is 10.1. The molecule has 1 aliphatic rings. The molecule has 0 unspecified atom stereocenters. The van der Waals surface area contributed by atoms with Gasteiger partial charge in [-0.15, -0.1) is 0 Å². The monoisotopic (exact) mass is 438 g/mol. The summed E-state index contributed by atoms with van der Waals surface area (Å²) >= 11 is 0. The van der Waals surface area contributed by atoms with E-state index < -0.39 is 5.91 Å². The van der Waals surface area contributed by atoms with Crippen molar-refractivity contribution in [3.8, 4) is 28.8 Å². The fourth-order valence-corrected chi connectivity index (χ4v) is 4.15. The van der Waals surface area contributed by atoms with Gasteiger partial charge in [-0.25, -0.2) is 4.52 Å². The molecule has 0 atom stereocenters. The first-order valence-electron chi connectivity index (χ1n) is 10.7. The molecule has 0 aliphatic carbocycles. The Balaban J connectivity index is 1.48. The van der Waals surface area contributed by atoms with Crippen molar-refractivity contribution < 1.29 is 9.53 Å². The quantitative estimate of drug-likeness (QED) is 0.446. The number of aromatic nitrogens is 3. The van der Waals surface area contributed by atoms with E-state index in [0.717, 1.165) is 35.7 Å². The normalized spacial score (nSPS) is 13.8. The molecular formula is C25H22N6O2. The number of nitrogens with two attached hydrogens (primary N) is 1. The van der Waals surface area contributed by atoms with Gasteiger partial charge in [-0.3, -0.25) is 9.69 Å². The molecule has 3 N–H and O–H groups in total. The Hall–Kier alpha value is -4.35. The second-order valence-corrected chi connectivity index (χ2v) is 7.85. The van der Waals surface area contributed by atoms with E-state index in [2.05, 4.69) is 9.88 Å². The summed E-state index contributed by atoms with van der Waals surface area (Å²) in [5, 5.41) is 13.5.